The Kier molecular flexibility index (Phi) is 21.6. The van der Waals surface area contributed by atoms with Crippen molar-refractivity contribution in [3.05, 3.63) is 0 Å². The summed E-state index contributed by atoms with van der Waals surface area (Å²) in [6, 6.07) is 0. The van der Waals surface area contributed by atoms with E-state index in [9.17, 15) is 0 Å². The molecule has 0 unspecified atom stereocenters. The molecule has 0 atom stereocenters. The van der Waals surface area contributed by atoms with Gasteiger partial charge in [-0.15, -0.1) is 0 Å². The Morgan fingerprint density at radius 2 is 1.50 bits per heavy atom. The summed E-state index contributed by atoms with van der Waals surface area (Å²) in [6.07, 6.45) is 1.25. The summed E-state index contributed by atoms with van der Waals surface area (Å²) < 4.78 is 5.51. The zero-order valence-electron chi connectivity index (χ0n) is 9.77. The van der Waals surface area contributed by atoms with Gasteiger partial charge in [0.1, 0.15) is 20.2 Å². The third-order valence-electron chi connectivity index (χ3n) is 0.577. The normalized spacial score (nSPS) is 10.2. The van der Waals surface area contributed by atoms with Crippen LogP contribution in [0.2, 0.25) is 26.2 Å². The number of rotatable bonds is 2. The van der Waals surface area contributed by atoms with Crippen molar-refractivity contribution in [2.75, 3.05) is 0 Å². The summed E-state index contributed by atoms with van der Waals surface area (Å²) in [7, 11) is -0.918. The van der Waals surface area contributed by atoms with Crippen LogP contribution in [0.5, 0.6) is 0 Å². The van der Waals surface area contributed by atoms with Gasteiger partial charge in [-0.3, -0.25) is 0 Å². The van der Waals surface area contributed by atoms with Gasteiger partial charge in [0.05, 0.1) is 0 Å². The zero-order chi connectivity index (χ0) is 10.6. The highest BCUT2D eigenvalue weighted by molar-refractivity contribution is 6.73. The summed E-state index contributed by atoms with van der Waals surface area (Å²) in [4.78, 5) is 7.14. The van der Waals surface area contributed by atoms with E-state index in [-0.39, 0.29) is 9.76 Å². The van der Waals surface area contributed by atoms with Crippen LogP contribution >= 0.6 is 0 Å². The van der Waals surface area contributed by atoms with Crippen molar-refractivity contribution in [2.24, 2.45) is 0 Å². The molecule has 0 fully saturated rings. The highest BCUT2D eigenvalue weighted by Gasteiger charge is 2.10. The van der Waals surface area contributed by atoms with Gasteiger partial charge >= 0.3 is 0 Å². The van der Waals surface area contributed by atoms with Gasteiger partial charge in [0, 0.05) is 0 Å². The Bertz CT molecular complexity index is 64.2. The van der Waals surface area contributed by atoms with Gasteiger partial charge in [0.2, 0.25) is 0 Å². The predicted octanol–water partition coefficient (Wildman–Crippen LogP) is 0.645. The SMILES string of the molecule is CCC.C[SiH2]O[Si](C)(C)C.O[SiH3]. The lowest BCUT2D eigenvalue weighted by atomic mass is 10.6. The molecule has 0 heterocycles. The quantitative estimate of drug-likeness (QED) is 0.701. The molecular formula is C7H26O2Si3. The molecular weight excluding hydrogens is 200 g/mol. The Morgan fingerprint density at radius 3 is 1.50 bits per heavy atom. The summed E-state index contributed by atoms with van der Waals surface area (Å²) in [5, 5.41) is 0. The molecule has 0 rings (SSSR count). The molecule has 0 aromatic heterocycles. The minimum Gasteiger partial charge on any atom is -0.461 e. The highest BCUT2D eigenvalue weighted by atomic mass is 28.4. The summed E-state index contributed by atoms with van der Waals surface area (Å²) in [5.41, 5.74) is 0. The van der Waals surface area contributed by atoms with Gasteiger partial charge in [0.15, 0.2) is 8.32 Å². The third kappa shape index (κ3) is 46.3. The lowest BCUT2D eigenvalue weighted by Gasteiger charge is -2.14. The molecule has 12 heavy (non-hydrogen) atoms. The Morgan fingerprint density at radius 1 is 1.25 bits per heavy atom. The fourth-order valence-corrected chi connectivity index (χ4v) is 3.90. The predicted molar refractivity (Wildman–Crippen MR) is 67.0 cm³/mol. The standard InChI is InChI=1S/C4H14OSi2.C3H8.H4OSi/c1-6-5-7(2,3)4;1-3-2;1-2/h6H2,1-4H3;3H2,1-2H3;1H,2H3. The fraction of sp³-hybridized carbons (Fsp3) is 1.00. The van der Waals surface area contributed by atoms with Crippen LogP contribution in [0.25, 0.3) is 0 Å². The van der Waals surface area contributed by atoms with Crippen LogP contribution in [-0.4, -0.2) is 33.4 Å². The van der Waals surface area contributed by atoms with Crippen molar-refractivity contribution < 1.29 is 8.91 Å². The molecule has 2 nitrogen and oxygen atoms in total. The maximum atomic E-state index is 7.14. The van der Waals surface area contributed by atoms with Crippen molar-refractivity contribution >= 4 is 28.6 Å². The topological polar surface area (TPSA) is 29.5 Å². The molecule has 0 spiro atoms. The second-order valence-electron chi connectivity index (χ2n) is 3.25. The smallest absolute Gasteiger partial charge is 0.169 e. The first kappa shape index (κ1) is 18.4. The van der Waals surface area contributed by atoms with Crippen molar-refractivity contribution in [1.29, 1.82) is 0 Å². The van der Waals surface area contributed by atoms with Gasteiger partial charge < -0.3 is 8.91 Å². The van der Waals surface area contributed by atoms with Gasteiger partial charge in [0.25, 0.3) is 0 Å². The fourth-order valence-electron chi connectivity index (χ4n) is 0.433. The molecule has 0 saturated carbocycles. The molecule has 5 heteroatoms. The van der Waals surface area contributed by atoms with E-state index in [4.69, 9.17) is 8.91 Å². The summed E-state index contributed by atoms with van der Waals surface area (Å²) in [6.45, 7) is 13.1. The molecule has 0 bridgehead atoms. The molecule has 78 valence electrons. The average molecular weight is 227 g/mol. The van der Waals surface area contributed by atoms with E-state index in [1.807, 2.05) is 0 Å². The van der Waals surface area contributed by atoms with E-state index in [1.165, 1.54) is 6.42 Å². The molecule has 0 aromatic rings. The van der Waals surface area contributed by atoms with E-state index >= 15 is 0 Å². The van der Waals surface area contributed by atoms with Crippen molar-refractivity contribution in [2.45, 2.75) is 46.5 Å². The molecule has 0 radical (unpaired) electrons. The largest absolute Gasteiger partial charge is 0.461 e. The number of hydrogen-bond acceptors (Lipinski definition) is 2. The van der Waals surface area contributed by atoms with Crippen LogP contribution in [-0.2, 0) is 4.12 Å². The van der Waals surface area contributed by atoms with E-state index in [2.05, 4.69) is 40.0 Å². The zero-order valence-corrected chi connectivity index (χ0v) is 14.2. The average Bonchev–Trinajstić information content (AvgIpc) is 1.91. The lowest BCUT2D eigenvalue weighted by Crippen LogP contribution is -2.26. The second kappa shape index (κ2) is 14.1. The van der Waals surface area contributed by atoms with Gasteiger partial charge in [-0.25, -0.2) is 0 Å². The van der Waals surface area contributed by atoms with Crippen LogP contribution in [0.3, 0.4) is 0 Å². The first-order valence-electron chi connectivity index (χ1n) is 4.56. The maximum absolute atomic E-state index is 7.14. The van der Waals surface area contributed by atoms with Crippen LogP contribution in [0, 0.1) is 0 Å². The third-order valence-corrected chi connectivity index (χ3v) is 5.20. The van der Waals surface area contributed by atoms with Crippen molar-refractivity contribution in [3.8, 4) is 0 Å². The summed E-state index contributed by atoms with van der Waals surface area (Å²) >= 11 is 0. The van der Waals surface area contributed by atoms with Crippen LogP contribution in [0.1, 0.15) is 20.3 Å². The first-order valence-corrected chi connectivity index (χ1v) is 10.9. The van der Waals surface area contributed by atoms with Gasteiger partial charge in [-0.2, -0.15) is 0 Å². The molecule has 0 amide bonds. The second-order valence-corrected chi connectivity index (χ2v) is 9.21. The minimum atomic E-state index is -1.10. The molecule has 0 aromatic carbocycles. The van der Waals surface area contributed by atoms with Gasteiger partial charge in [-0.1, -0.05) is 26.8 Å². The monoisotopic (exact) mass is 226 g/mol. The Hall–Kier alpha value is 0.571. The molecule has 0 aliphatic carbocycles. The summed E-state index contributed by atoms with van der Waals surface area (Å²) in [5.74, 6) is 0. The minimum absolute atomic E-state index is 0.128. The van der Waals surface area contributed by atoms with E-state index in [0.717, 1.165) is 0 Å². The molecule has 0 saturated heterocycles. The van der Waals surface area contributed by atoms with E-state index < -0.39 is 8.32 Å². The lowest BCUT2D eigenvalue weighted by molar-refractivity contribution is 0.603. The van der Waals surface area contributed by atoms with E-state index in [1.54, 1.807) is 0 Å². The Labute approximate surface area is 84.3 Å². The van der Waals surface area contributed by atoms with Gasteiger partial charge in [-0.05, 0) is 19.6 Å². The molecule has 1 N–H and O–H groups in total. The van der Waals surface area contributed by atoms with Crippen LogP contribution < -0.4 is 0 Å². The molecule has 0 aliphatic rings. The van der Waals surface area contributed by atoms with Crippen LogP contribution in [0.4, 0.5) is 0 Å². The van der Waals surface area contributed by atoms with Crippen molar-refractivity contribution in [1.82, 2.24) is 0 Å². The number of hydrogen-bond donors (Lipinski definition) is 1. The first-order chi connectivity index (χ1) is 5.47. The Balaban J connectivity index is -0.000000137. The maximum Gasteiger partial charge on any atom is 0.169 e. The van der Waals surface area contributed by atoms with Crippen LogP contribution in [0.15, 0.2) is 0 Å². The molecule has 0 aliphatic heterocycles. The van der Waals surface area contributed by atoms with E-state index in [0.29, 0.717) is 10.5 Å². The van der Waals surface area contributed by atoms with Crippen molar-refractivity contribution in [3.63, 3.8) is 0 Å². The highest BCUT2D eigenvalue weighted by Crippen LogP contribution is 1.99.